The molecule has 0 bridgehead atoms. The maximum Gasteiger partial charge on any atom is 0.326 e. The Kier molecular flexibility index (Phi) is 12.5. The molecule has 5 nitrogen and oxygen atoms in total. The number of hydrogen-bond acceptors (Lipinski definition) is 3. The van der Waals surface area contributed by atoms with E-state index in [4.69, 9.17) is 5.11 Å². The molecule has 0 aliphatic rings. The minimum absolute atomic E-state index is 0.377. The number of hydrogen-bond donors (Lipinski definition) is 3. The van der Waals surface area contributed by atoms with Crippen LogP contribution in [0.3, 0.4) is 0 Å². The molecule has 1 atom stereocenters. The van der Waals surface area contributed by atoms with Crippen molar-refractivity contribution in [1.29, 1.82) is 0 Å². The lowest BCUT2D eigenvalue weighted by Gasteiger charge is -2.14. The Balaban J connectivity index is 3.66. The molecule has 0 aliphatic carbocycles. The number of nitrogens with one attached hydrogen (secondary N) is 2. The van der Waals surface area contributed by atoms with Crippen LogP contribution in [0.25, 0.3) is 0 Å². The molecule has 0 saturated heterocycles. The first-order valence-corrected chi connectivity index (χ1v) is 8.77. The Bertz CT molecular complexity index is 275. The largest absolute Gasteiger partial charge is 0.480 e. The average molecular weight is 304 g/mol. The molecule has 0 fully saturated rings. The second kappa shape index (κ2) is 13.1. The fourth-order valence-electron chi connectivity index (χ4n) is 1.80. The van der Waals surface area contributed by atoms with Crippen LogP contribution in [0.5, 0.6) is 0 Å². The van der Waals surface area contributed by atoms with Gasteiger partial charge in [0.1, 0.15) is 6.04 Å². The number of rotatable bonds is 12. The summed E-state index contributed by atoms with van der Waals surface area (Å²) in [6, 6.07) is -1.16. The predicted molar refractivity (Wildman–Crippen MR) is 84.3 cm³/mol. The van der Waals surface area contributed by atoms with Gasteiger partial charge in [-0.25, -0.2) is 9.59 Å². The number of thioether (sulfide) groups is 1. The second-order valence-corrected chi connectivity index (χ2v) is 5.83. The topological polar surface area (TPSA) is 78.4 Å². The zero-order valence-electron chi connectivity index (χ0n) is 12.6. The summed E-state index contributed by atoms with van der Waals surface area (Å²) in [7, 11) is 0. The van der Waals surface area contributed by atoms with Crippen molar-refractivity contribution in [3.63, 3.8) is 0 Å². The van der Waals surface area contributed by atoms with Gasteiger partial charge in [0.05, 0.1) is 0 Å². The van der Waals surface area contributed by atoms with Gasteiger partial charge in [0.15, 0.2) is 0 Å². The normalized spacial score (nSPS) is 11.9. The highest BCUT2D eigenvalue weighted by molar-refractivity contribution is 7.98. The lowest BCUT2D eigenvalue weighted by Crippen LogP contribution is -2.46. The van der Waals surface area contributed by atoms with E-state index in [0.717, 1.165) is 25.7 Å². The third kappa shape index (κ3) is 11.0. The zero-order chi connectivity index (χ0) is 15.2. The first-order valence-electron chi connectivity index (χ1n) is 7.38. The molecule has 0 heterocycles. The molecule has 0 aromatic rings. The van der Waals surface area contributed by atoms with E-state index in [2.05, 4.69) is 16.9 Å². The Morgan fingerprint density at radius 1 is 1.15 bits per heavy atom. The van der Waals surface area contributed by atoms with Crippen molar-refractivity contribution < 1.29 is 14.7 Å². The molecule has 0 unspecified atom stereocenters. The monoisotopic (exact) mass is 304 g/mol. The number of carboxylic acid groups (broad SMARTS) is 1. The average Bonchev–Trinajstić information content (AvgIpc) is 2.42. The van der Waals surface area contributed by atoms with Crippen molar-refractivity contribution in [3.05, 3.63) is 0 Å². The third-order valence-electron chi connectivity index (χ3n) is 3.01. The van der Waals surface area contributed by atoms with Crippen LogP contribution in [0.2, 0.25) is 0 Å². The summed E-state index contributed by atoms with van der Waals surface area (Å²) in [4.78, 5) is 22.5. The first kappa shape index (κ1) is 19.1. The highest BCUT2D eigenvalue weighted by Gasteiger charge is 2.18. The van der Waals surface area contributed by atoms with Crippen LogP contribution in [0.1, 0.15) is 51.9 Å². The van der Waals surface area contributed by atoms with Gasteiger partial charge >= 0.3 is 12.0 Å². The van der Waals surface area contributed by atoms with Crippen molar-refractivity contribution in [3.8, 4) is 0 Å². The number of carbonyl (C=O) groups is 2. The zero-order valence-corrected chi connectivity index (χ0v) is 13.4. The molecular formula is C14H28N2O3S. The molecule has 6 heteroatoms. The lowest BCUT2D eigenvalue weighted by atomic mass is 10.1. The molecule has 3 N–H and O–H groups in total. The number of carboxylic acids is 1. The Hall–Kier alpha value is -0.910. The van der Waals surface area contributed by atoms with Crippen molar-refractivity contribution in [2.75, 3.05) is 18.6 Å². The second-order valence-electron chi connectivity index (χ2n) is 4.84. The van der Waals surface area contributed by atoms with Crippen molar-refractivity contribution in [2.24, 2.45) is 0 Å². The van der Waals surface area contributed by atoms with Gasteiger partial charge in [-0.05, 0) is 31.3 Å². The molecule has 0 aromatic carbocycles. The van der Waals surface area contributed by atoms with Gasteiger partial charge in [-0.15, -0.1) is 0 Å². The Morgan fingerprint density at radius 2 is 1.85 bits per heavy atom. The van der Waals surface area contributed by atoms with Crippen LogP contribution in [0.4, 0.5) is 4.79 Å². The number of carbonyl (C=O) groups excluding carboxylic acids is 1. The number of aliphatic carboxylic acids is 1. The molecule has 0 saturated carbocycles. The molecular weight excluding hydrogens is 276 g/mol. The molecule has 0 radical (unpaired) electrons. The molecule has 118 valence electrons. The van der Waals surface area contributed by atoms with Gasteiger partial charge in [0.2, 0.25) is 0 Å². The van der Waals surface area contributed by atoms with Gasteiger partial charge in [-0.3, -0.25) is 0 Å². The van der Waals surface area contributed by atoms with Crippen LogP contribution in [0, 0.1) is 0 Å². The first-order chi connectivity index (χ1) is 9.61. The standard InChI is InChI=1S/C14H28N2O3S/c1-3-4-9-12(13(17)18)16-14(19)15-10-7-5-6-8-11-20-2/h12H,3-11H2,1-2H3,(H,17,18)(H2,15,16,19)/t12-/m0/s1. The highest BCUT2D eigenvalue weighted by atomic mass is 32.2. The fraction of sp³-hybridized carbons (Fsp3) is 0.857. The molecule has 2 amide bonds. The smallest absolute Gasteiger partial charge is 0.326 e. The van der Waals surface area contributed by atoms with Crippen molar-refractivity contribution in [2.45, 2.75) is 57.9 Å². The number of urea groups is 1. The summed E-state index contributed by atoms with van der Waals surface area (Å²) in [5, 5.41) is 14.2. The quantitative estimate of drug-likeness (QED) is 0.484. The minimum atomic E-state index is -0.967. The Labute approximate surface area is 126 Å². The van der Waals surface area contributed by atoms with Gasteiger partial charge in [0.25, 0.3) is 0 Å². The van der Waals surface area contributed by atoms with Crippen molar-refractivity contribution in [1.82, 2.24) is 10.6 Å². The van der Waals surface area contributed by atoms with E-state index in [1.54, 1.807) is 0 Å². The van der Waals surface area contributed by atoms with E-state index < -0.39 is 12.0 Å². The van der Waals surface area contributed by atoms with Crippen LogP contribution in [0.15, 0.2) is 0 Å². The lowest BCUT2D eigenvalue weighted by molar-refractivity contribution is -0.139. The van der Waals surface area contributed by atoms with Gasteiger partial charge in [0, 0.05) is 6.54 Å². The van der Waals surface area contributed by atoms with Crippen LogP contribution in [-0.2, 0) is 4.79 Å². The third-order valence-corrected chi connectivity index (χ3v) is 3.71. The van der Waals surface area contributed by atoms with Crippen LogP contribution < -0.4 is 10.6 Å². The summed E-state index contributed by atoms with van der Waals surface area (Å²) >= 11 is 1.85. The molecule has 0 rings (SSSR count). The molecule has 0 spiro atoms. The van der Waals surface area contributed by atoms with Crippen molar-refractivity contribution >= 4 is 23.8 Å². The van der Waals surface area contributed by atoms with Gasteiger partial charge in [-0.2, -0.15) is 11.8 Å². The Morgan fingerprint density at radius 3 is 2.45 bits per heavy atom. The summed E-state index contributed by atoms with van der Waals surface area (Å²) in [6.07, 6.45) is 8.73. The summed E-state index contributed by atoms with van der Waals surface area (Å²) in [6.45, 7) is 2.60. The van der Waals surface area contributed by atoms with Crippen LogP contribution in [-0.4, -0.2) is 41.7 Å². The minimum Gasteiger partial charge on any atom is -0.480 e. The summed E-state index contributed by atoms with van der Waals surface area (Å²) < 4.78 is 0. The van der Waals surface area contributed by atoms with E-state index in [0.29, 0.717) is 13.0 Å². The maximum atomic E-state index is 11.6. The van der Waals surface area contributed by atoms with E-state index in [9.17, 15) is 9.59 Å². The van der Waals surface area contributed by atoms with Crippen LogP contribution >= 0.6 is 11.8 Å². The van der Waals surface area contributed by atoms with Gasteiger partial charge in [-0.1, -0.05) is 32.6 Å². The maximum absolute atomic E-state index is 11.6. The number of unbranched alkanes of at least 4 members (excludes halogenated alkanes) is 4. The van der Waals surface area contributed by atoms with E-state index in [1.807, 2.05) is 18.7 Å². The number of amides is 2. The highest BCUT2D eigenvalue weighted by Crippen LogP contribution is 2.04. The van der Waals surface area contributed by atoms with Gasteiger partial charge < -0.3 is 15.7 Å². The SMILES string of the molecule is CCCC[C@H](NC(=O)NCCCCCCSC)C(=O)O. The van der Waals surface area contributed by atoms with E-state index >= 15 is 0 Å². The molecule has 20 heavy (non-hydrogen) atoms. The molecule has 0 aliphatic heterocycles. The summed E-state index contributed by atoms with van der Waals surface area (Å²) in [5.74, 6) is 0.219. The predicted octanol–water partition coefficient (Wildman–Crippen LogP) is 2.85. The molecule has 0 aromatic heterocycles. The van der Waals surface area contributed by atoms with E-state index in [1.165, 1.54) is 18.6 Å². The summed E-state index contributed by atoms with van der Waals surface area (Å²) in [5.41, 5.74) is 0. The van der Waals surface area contributed by atoms with E-state index in [-0.39, 0.29) is 6.03 Å². The fourth-order valence-corrected chi connectivity index (χ4v) is 2.29.